The minimum atomic E-state index is -0.569. The smallest absolute Gasteiger partial charge is 0.360 e. The Hall–Kier alpha value is -3.32. The highest BCUT2D eigenvalue weighted by molar-refractivity contribution is 5.99. The zero-order chi connectivity index (χ0) is 22.2. The van der Waals surface area contributed by atoms with Crippen molar-refractivity contribution >= 4 is 28.3 Å². The Morgan fingerprint density at radius 3 is 2.75 bits per heavy atom. The van der Waals surface area contributed by atoms with Gasteiger partial charge < -0.3 is 24.7 Å². The van der Waals surface area contributed by atoms with Gasteiger partial charge in [-0.2, -0.15) is 0 Å². The summed E-state index contributed by atoms with van der Waals surface area (Å²) in [7, 11) is 2.12. The van der Waals surface area contributed by atoms with Crippen molar-refractivity contribution < 1.29 is 13.9 Å². The van der Waals surface area contributed by atoms with Crippen molar-refractivity contribution in [3.8, 4) is 5.75 Å². The second-order valence-electron chi connectivity index (χ2n) is 8.72. The lowest BCUT2D eigenvalue weighted by atomic mass is 10.1. The highest BCUT2D eigenvalue weighted by Crippen LogP contribution is 2.30. The predicted molar refractivity (Wildman–Crippen MR) is 125 cm³/mol. The van der Waals surface area contributed by atoms with Crippen LogP contribution in [0.3, 0.4) is 0 Å². The minimum Gasteiger partial charge on any atom is -0.490 e. The number of nitrogens with one attached hydrogen (secondary N) is 2. The van der Waals surface area contributed by atoms with Gasteiger partial charge in [0.15, 0.2) is 0 Å². The summed E-state index contributed by atoms with van der Waals surface area (Å²) < 4.78 is 11.8. The summed E-state index contributed by atoms with van der Waals surface area (Å²) in [5, 5.41) is 6.69. The number of hydrogen-bond donors (Lipinski definition) is 2. The molecule has 0 spiro atoms. The first-order valence-electron chi connectivity index (χ1n) is 11.1. The Kier molecular flexibility index (Phi) is 5.35. The molecule has 2 N–H and O–H groups in total. The molecule has 0 radical (unpaired) electrons. The van der Waals surface area contributed by atoms with E-state index in [1.54, 1.807) is 6.07 Å². The summed E-state index contributed by atoms with van der Waals surface area (Å²) in [6.07, 6.45) is 2.69. The first kappa shape index (κ1) is 20.6. The molecule has 2 aromatic carbocycles. The fraction of sp³-hybridized carbons (Fsp3) is 0.360. The predicted octanol–water partition coefficient (Wildman–Crippen LogP) is 3.55. The molecule has 1 aromatic heterocycles. The first-order chi connectivity index (χ1) is 15.5. The van der Waals surface area contributed by atoms with E-state index in [2.05, 4.69) is 22.6 Å². The summed E-state index contributed by atoms with van der Waals surface area (Å²) in [6, 6.07) is 12.9. The normalized spacial score (nSPS) is 18.9. The molecule has 7 heteroatoms. The van der Waals surface area contributed by atoms with Crippen molar-refractivity contribution in [3.05, 3.63) is 64.0 Å². The Bertz CT molecular complexity index is 1200. The third-order valence-electron chi connectivity index (χ3n) is 6.41. The lowest BCUT2D eigenvalue weighted by molar-refractivity contribution is -0.116. The molecule has 7 nitrogen and oxygen atoms in total. The van der Waals surface area contributed by atoms with Crippen molar-refractivity contribution in [1.82, 2.24) is 4.90 Å². The summed E-state index contributed by atoms with van der Waals surface area (Å²) in [6.45, 7) is 3.92. The van der Waals surface area contributed by atoms with Crippen LogP contribution in [-0.2, 0) is 11.2 Å². The third-order valence-corrected chi connectivity index (χ3v) is 6.41. The van der Waals surface area contributed by atoms with Crippen molar-refractivity contribution in [2.24, 2.45) is 0 Å². The average Bonchev–Trinajstić information content (AvgIpc) is 3.23. The number of carbonyl (C=O) groups excluding carboxylic acids is 1. The van der Waals surface area contributed by atoms with E-state index in [1.165, 1.54) is 0 Å². The van der Waals surface area contributed by atoms with Gasteiger partial charge in [-0.15, -0.1) is 0 Å². The molecule has 166 valence electrons. The quantitative estimate of drug-likeness (QED) is 0.613. The second-order valence-corrected chi connectivity index (χ2v) is 8.72. The van der Waals surface area contributed by atoms with Crippen LogP contribution in [0.2, 0.25) is 0 Å². The van der Waals surface area contributed by atoms with E-state index in [9.17, 15) is 9.59 Å². The number of benzene rings is 2. The van der Waals surface area contributed by atoms with Gasteiger partial charge in [0.25, 0.3) is 0 Å². The van der Waals surface area contributed by atoms with E-state index in [1.807, 2.05) is 43.3 Å². The summed E-state index contributed by atoms with van der Waals surface area (Å²) >= 11 is 0. The SMILES string of the molecule is Cc1c(OC2CCN(C)CC2)ccc2cc(NC(=O)C3Cc4ccccc4N3)c(=O)oc12. The van der Waals surface area contributed by atoms with Crippen molar-refractivity contribution in [1.29, 1.82) is 0 Å². The molecule has 3 aromatic rings. The van der Waals surface area contributed by atoms with Crippen LogP contribution in [-0.4, -0.2) is 43.1 Å². The monoisotopic (exact) mass is 433 g/mol. The fourth-order valence-electron chi connectivity index (χ4n) is 4.48. The molecule has 0 bridgehead atoms. The topological polar surface area (TPSA) is 83.8 Å². The summed E-state index contributed by atoms with van der Waals surface area (Å²) in [5.74, 6) is 0.478. The molecule has 1 amide bonds. The number of carbonyl (C=O) groups is 1. The van der Waals surface area contributed by atoms with Crippen LogP contribution in [0.4, 0.5) is 11.4 Å². The maximum Gasteiger partial charge on any atom is 0.360 e. The Morgan fingerprint density at radius 2 is 1.97 bits per heavy atom. The Labute approximate surface area is 186 Å². The average molecular weight is 434 g/mol. The number of aryl methyl sites for hydroxylation is 1. The van der Waals surface area contributed by atoms with E-state index >= 15 is 0 Å². The van der Waals surface area contributed by atoms with Gasteiger partial charge in [0.1, 0.15) is 29.2 Å². The molecule has 3 heterocycles. The Balaban J connectivity index is 1.34. The number of fused-ring (bicyclic) bond motifs is 2. The third kappa shape index (κ3) is 3.96. The molecule has 1 atom stereocenters. The zero-order valence-electron chi connectivity index (χ0n) is 18.3. The maximum absolute atomic E-state index is 12.8. The molecule has 1 unspecified atom stereocenters. The van der Waals surface area contributed by atoms with Crippen LogP contribution in [0.1, 0.15) is 24.0 Å². The number of piperidine rings is 1. The molecule has 0 saturated carbocycles. The van der Waals surface area contributed by atoms with Gasteiger partial charge in [-0.1, -0.05) is 18.2 Å². The molecule has 1 fully saturated rings. The molecular formula is C25H27N3O4. The van der Waals surface area contributed by atoms with Crippen LogP contribution >= 0.6 is 0 Å². The first-order valence-corrected chi connectivity index (χ1v) is 11.1. The number of likely N-dealkylation sites (tertiary alicyclic amines) is 1. The van der Waals surface area contributed by atoms with Crippen LogP contribution < -0.4 is 21.0 Å². The standard InChI is InChI=1S/C25H27N3O4/c1-15-22(31-18-9-11-28(2)12-10-18)8-7-17-14-21(25(30)32-23(15)17)27-24(29)20-13-16-5-3-4-6-19(16)26-20/h3-8,14,18,20,26H,9-13H2,1-2H3,(H,27,29). The van der Waals surface area contributed by atoms with Crippen molar-refractivity contribution in [3.63, 3.8) is 0 Å². The second kappa shape index (κ2) is 8.31. The minimum absolute atomic E-state index is 0.142. The summed E-state index contributed by atoms with van der Waals surface area (Å²) in [4.78, 5) is 27.7. The van der Waals surface area contributed by atoms with Crippen LogP contribution in [0.5, 0.6) is 5.75 Å². The number of anilines is 2. The number of ether oxygens (including phenoxy) is 1. The van der Waals surface area contributed by atoms with Crippen LogP contribution in [0.25, 0.3) is 11.0 Å². The van der Waals surface area contributed by atoms with E-state index in [-0.39, 0.29) is 17.7 Å². The van der Waals surface area contributed by atoms with E-state index in [0.29, 0.717) is 12.0 Å². The van der Waals surface area contributed by atoms with E-state index in [4.69, 9.17) is 9.15 Å². The lowest BCUT2D eigenvalue weighted by Gasteiger charge is -2.29. The molecule has 0 aliphatic carbocycles. The van der Waals surface area contributed by atoms with Gasteiger partial charge in [-0.3, -0.25) is 4.79 Å². The number of rotatable bonds is 4. The number of nitrogens with zero attached hydrogens (tertiary/aromatic N) is 1. The molecule has 5 rings (SSSR count). The Morgan fingerprint density at radius 1 is 1.19 bits per heavy atom. The van der Waals surface area contributed by atoms with Crippen LogP contribution in [0.15, 0.2) is 51.7 Å². The maximum atomic E-state index is 12.8. The number of hydrogen-bond acceptors (Lipinski definition) is 6. The van der Waals surface area contributed by atoms with Gasteiger partial charge in [0, 0.05) is 36.1 Å². The van der Waals surface area contributed by atoms with Crippen molar-refractivity contribution in [2.45, 2.75) is 38.3 Å². The molecular weight excluding hydrogens is 406 g/mol. The van der Waals surface area contributed by atoms with E-state index < -0.39 is 11.7 Å². The molecule has 1 saturated heterocycles. The van der Waals surface area contributed by atoms with Crippen molar-refractivity contribution in [2.75, 3.05) is 30.8 Å². The fourth-order valence-corrected chi connectivity index (χ4v) is 4.48. The summed E-state index contributed by atoms with van der Waals surface area (Å²) in [5.41, 5.74) is 2.90. The van der Waals surface area contributed by atoms with Gasteiger partial charge in [-0.25, -0.2) is 4.79 Å². The molecule has 32 heavy (non-hydrogen) atoms. The van der Waals surface area contributed by atoms with Gasteiger partial charge in [-0.05, 0) is 56.6 Å². The van der Waals surface area contributed by atoms with Gasteiger partial charge >= 0.3 is 5.63 Å². The largest absolute Gasteiger partial charge is 0.490 e. The highest BCUT2D eigenvalue weighted by Gasteiger charge is 2.27. The van der Waals surface area contributed by atoms with E-state index in [0.717, 1.165) is 53.9 Å². The molecule has 2 aliphatic rings. The highest BCUT2D eigenvalue weighted by atomic mass is 16.5. The zero-order valence-corrected chi connectivity index (χ0v) is 18.3. The number of para-hydroxylation sites is 1. The van der Waals surface area contributed by atoms with Gasteiger partial charge in [0.2, 0.25) is 5.91 Å². The van der Waals surface area contributed by atoms with Crippen LogP contribution in [0, 0.1) is 6.92 Å². The number of amides is 1. The lowest BCUT2D eigenvalue weighted by Crippen LogP contribution is -2.35. The molecule has 2 aliphatic heterocycles. The van der Waals surface area contributed by atoms with Gasteiger partial charge in [0.05, 0.1) is 0 Å².